The molecule has 0 aliphatic carbocycles. The molecular formula is C8H10N2O2. The standard InChI is InChI=1S/C8H10N2O2/c11-8(12)10-5-4-9-3-1-2-7(9)6-10/h1-3H,4-6H2,(H,11,12). The second-order valence-electron chi connectivity index (χ2n) is 2.90. The summed E-state index contributed by atoms with van der Waals surface area (Å²) in [6.07, 6.45) is 1.15. The predicted molar refractivity (Wildman–Crippen MR) is 42.9 cm³/mol. The minimum Gasteiger partial charge on any atom is -0.465 e. The van der Waals surface area contributed by atoms with E-state index in [1.54, 1.807) is 0 Å². The van der Waals surface area contributed by atoms with Crippen LogP contribution in [0.1, 0.15) is 5.69 Å². The molecule has 0 saturated carbocycles. The van der Waals surface area contributed by atoms with Gasteiger partial charge in [0, 0.05) is 25.0 Å². The van der Waals surface area contributed by atoms with E-state index in [2.05, 4.69) is 4.57 Å². The van der Waals surface area contributed by atoms with Crippen LogP contribution in [0.4, 0.5) is 4.79 Å². The highest BCUT2D eigenvalue weighted by Gasteiger charge is 2.18. The maximum atomic E-state index is 10.6. The van der Waals surface area contributed by atoms with Crippen molar-refractivity contribution < 1.29 is 9.90 Å². The van der Waals surface area contributed by atoms with Gasteiger partial charge in [-0.1, -0.05) is 0 Å². The van der Waals surface area contributed by atoms with Gasteiger partial charge in [-0.05, 0) is 12.1 Å². The molecule has 1 aromatic rings. The molecule has 1 aliphatic rings. The van der Waals surface area contributed by atoms with E-state index in [4.69, 9.17) is 5.11 Å². The lowest BCUT2D eigenvalue weighted by atomic mass is 10.3. The van der Waals surface area contributed by atoms with Gasteiger partial charge in [0.25, 0.3) is 0 Å². The van der Waals surface area contributed by atoms with Crippen molar-refractivity contribution in [3.8, 4) is 0 Å². The van der Waals surface area contributed by atoms with E-state index in [0.29, 0.717) is 13.1 Å². The average molecular weight is 166 g/mol. The van der Waals surface area contributed by atoms with Gasteiger partial charge in [0.05, 0.1) is 6.54 Å². The van der Waals surface area contributed by atoms with Crippen molar-refractivity contribution >= 4 is 6.09 Å². The van der Waals surface area contributed by atoms with Gasteiger partial charge in [-0.15, -0.1) is 0 Å². The quantitative estimate of drug-likeness (QED) is 0.624. The van der Waals surface area contributed by atoms with Crippen LogP contribution in [-0.4, -0.2) is 27.2 Å². The van der Waals surface area contributed by atoms with Crippen molar-refractivity contribution in [2.24, 2.45) is 0 Å². The summed E-state index contributed by atoms with van der Waals surface area (Å²) in [5.41, 5.74) is 1.07. The molecule has 0 atom stereocenters. The number of nitrogens with zero attached hydrogens (tertiary/aromatic N) is 2. The summed E-state index contributed by atoms with van der Waals surface area (Å²) < 4.78 is 2.08. The molecule has 2 heterocycles. The van der Waals surface area contributed by atoms with Crippen LogP contribution in [0.2, 0.25) is 0 Å². The summed E-state index contributed by atoms with van der Waals surface area (Å²) in [6, 6.07) is 3.90. The van der Waals surface area contributed by atoms with Crippen LogP contribution >= 0.6 is 0 Å². The number of hydrogen-bond donors (Lipinski definition) is 1. The number of carbonyl (C=O) groups is 1. The maximum absolute atomic E-state index is 10.6. The van der Waals surface area contributed by atoms with Crippen LogP contribution in [0.3, 0.4) is 0 Å². The Hall–Kier alpha value is -1.45. The first-order valence-electron chi connectivity index (χ1n) is 3.89. The Morgan fingerprint density at radius 2 is 2.33 bits per heavy atom. The summed E-state index contributed by atoms with van der Waals surface area (Å²) in [6.45, 7) is 1.88. The Morgan fingerprint density at radius 3 is 3.08 bits per heavy atom. The van der Waals surface area contributed by atoms with E-state index in [0.717, 1.165) is 12.2 Å². The van der Waals surface area contributed by atoms with Crippen molar-refractivity contribution in [1.29, 1.82) is 0 Å². The fourth-order valence-electron chi connectivity index (χ4n) is 1.48. The SMILES string of the molecule is O=C(O)N1CCn2cccc2C1. The smallest absolute Gasteiger partial charge is 0.407 e. The molecule has 0 bridgehead atoms. The van der Waals surface area contributed by atoms with E-state index in [1.165, 1.54) is 4.90 Å². The molecule has 0 spiro atoms. The first kappa shape index (κ1) is 7.21. The molecule has 1 aliphatic heterocycles. The molecule has 1 aromatic heterocycles. The molecule has 2 rings (SSSR count). The lowest BCUT2D eigenvalue weighted by Crippen LogP contribution is -2.36. The minimum atomic E-state index is -0.831. The normalized spacial score (nSPS) is 15.8. The second-order valence-corrected chi connectivity index (χ2v) is 2.90. The number of hydrogen-bond acceptors (Lipinski definition) is 1. The zero-order chi connectivity index (χ0) is 8.55. The molecule has 1 amide bonds. The van der Waals surface area contributed by atoms with E-state index < -0.39 is 6.09 Å². The van der Waals surface area contributed by atoms with Gasteiger partial charge in [-0.3, -0.25) is 0 Å². The Labute approximate surface area is 70.0 Å². The maximum Gasteiger partial charge on any atom is 0.407 e. The molecule has 4 heteroatoms. The highest BCUT2D eigenvalue weighted by molar-refractivity contribution is 5.65. The Kier molecular flexibility index (Phi) is 1.53. The third kappa shape index (κ3) is 1.05. The highest BCUT2D eigenvalue weighted by atomic mass is 16.4. The zero-order valence-electron chi connectivity index (χ0n) is 6.60. The van der Waals surface area contributed by atoms with Gasteiger partial charge in [0.1, 0.15) is 0 Å². The van der Waals surface area contributed by atoms with Crippen LogP contribution in [0.25, 0.3) is 0 Å². The summed E-state index contributed by atoms with van der Waals surface area (Å²) in [4.78, 5) is 12.0. The fraction of sp³-hybridized carbons (Fsp3) is 0.375. The number of fused-ring (bicyclic) bond motifs is 1. The van der Waals surface area contributed by atoms with Gasteiger partial charge < -0.3 is 14.6 Å². The topological polar surface area (TPSA) is 45.5 Å². The van der Waals surface area contributed by atoms with E-state index >= 15 is 0 Å². The summed E-state index contributed by atoms with van der Waals surface area (Å²) >= 11 is 0. The number of amides is 1. The molecule has 64 valence electrons. The largest absolute Gasteiger partial charge is 0.465 e. The molecular weight excluding hydrogens is 156 g/mol. The summed E-state index contributed by atoms with van der Waals surface area (Å²) in [5, 5.41) is 8.72. The lowest BCUT2D eigenvalue weighted by Gasteiger charge is -2.25. The van der Waals surface area contributed by atoms with Gasteiger partial charge >= 0.3 is 6.09 Å². The van der Waals surface area contributed by atoms with Crippen LogP contribution in [-0.2, 0) is 13.1 Å². The average Bonchev–Trinajstić information content (AvgIpc) is 2.49. The van der Waals surface area contributed by atoms with Crippen molar-refractivity contribution in [2.45, 2.75) is 13.1 Å². The van der Waals surface area contributed by atoms with E-state index in [1.807, 2.05) is 18.3 Å². The highest BCUT2D eigenvalue weighted by Crippen LogP contribution is 2.12. The van der Waals surface area contributed by atoms with Crippen molar-refractivity contribution in [1.82, 2.24) is 9.47 Å². The molecule has 0 radical (unpaired) electrons. The number of aromatic nitrogens is 1. The molecule has 0 fully saturated rings. The van der Waals surface area contributed by atoms with Crippen molar-refractivity contribution in [3.63, 3.8) is 0 Å². The lowest BCUT2D eigenvalue weighted by molar-refractivity contribution is 0.133. The van der Waals surface area contributed by atoms with Crippen LogP contribution in [0.15, 0.2) is 18.3 Å². The predicted octanol–water partition coefficient (Wildman–Crippen LogP) is 0.982. The van der Waals surface area contributed by atoms with Gasteiger partial charge in [-0.2, -0.15) is 0 Å². The van der Waals surface area contributed by atoms with Gasteiger partial charge in [0.2, 0.25) is 0 Å². The number of rotatable bonds is 0. The summed E-state index contributed by atoms with van der Waals surface area (Å²) in [5.74, 6) is 0. The van der Waals surface area contributed by atoms with Crippen LogP contribution < -0.4 is 0 Å². The molecule has 1 N–H and O–H groups in total. The molecule has 12 heavy (non-hydrogen) atoms. The van der Waals surface area contributed by atoms with Crippen molar-refractivity contribution in [3.05, 3.63) is 24.0 Å². The molecule has 4 nitrogen and oxygen atoms in total. The fourth-order valence-corrected chi connectivity index (χ4v) is 1.48. The third-order valence-electron chi connectivity index (χ3n) is 2.16. The Balaban J connectivity index is 2.20. The molecule has 0 aromatic carbocycles. The molecule has 0 saturated heterocycles. The summed E-state index contributed by atoms with van der Waals surface area (Å²) in [7, 11) is 0. The van der Waals surface area contributed by atoms with E-state index in [9.17, 15) is 4.79 Å². The van der Waals surface area contributed by atoms with E-state index in [-0.39, 0.29) is 0 Å². The Morgan fingerprint density at radius 1 is 1.50 bits per heavy atom. The van der Waals surface area contributed by atoms with Crippen LogP contribution in [0, 0.1) is 0 Å². The third-order valence-corrected chi connectivity index (χ3v) is 2.16. The van der Waals surface area contributed by atoms with Crippen LogP contribution in [0.5, 0.6) is 0 Å². The van der Waals surface area contributed by atoms with Gasteiger partial charge in [0.15, 0.2) is 0 Å². The second kappa shape index (κ2) is 2.55. The number of carboxylic acid groups (broad SMARTS) is 1. The zero-order valence-corrected chi connectivity index (χ0v) is 6.60. The first-order valence-corrected chi connectivity index (χ1v) is 3.89. The Bertz CT molecular complexity index is 306. The van der Waals surface area contributed by atoms with Gasteiger partial charge in [-0.25, -0.2) is 4.79 Å². The minimum absolute atomic E-state index is 0.516. The monoisotopic (exact) mass is 166 g/mol. The van der Waals surface area contributed by atoms with Crippen molar-refractivity contribution in [2.75, 3.05) is 6.54 Å². The first-order chi connectivity index (χ1) is 5.77. The molecule has 0 unspecified atom stereocenters.